The summed E-state index contributed by atoms with van der Waals surface area (Å²) in [6, 6.07) is 5.36. The normalized spacial score (nSPS) is 18.3. The van der Waals surface area contributed by atoms with Gasteiger partial charge in [0.2, 0.25) is 11.8 Å². The zero-order valence-electron chi connectivity index (χ0n) is 14.9. The highest BCUT2D eigenvalue weighted by Crippen LogP contribution is 2.35. The number of aromatic nitrogens is 3. The molecule has 0 spiro atoms. The van der Waals surface area contributed by atoms with Crippen molar-refractivity contribution in [3.63, 3.8) is 0 Å². The van der Waals surface area contributed by atoms with E-state index in [0.717, 1.165) is 16.5 Å². The molecule has 0 aromatic carbocycles. The molecule has 2 atom stereocenters. The monoisotopic (exact) mass is 367 g/mol. The number of anilines is 2. The molecule has 1 aliphatic carbocycles. The van der Waals surface area contributed by atoms with E-state index in [4.69, 9.17) is 10.5 Å². The lowest BCUT2D eigenvalue weighted by Crippen LogP contribution is -2.15. The van der Waals surface area contributed by atoms with Gasteiger partial charge in [0.25, 0.3) is 0 Å². The number of carbonyl (C=O) groups is 1. The first-order valence-electron chi connectivity index (χ1n) is 8.48. The molecule has 7 nitrogen and oxygen atoms in total. The molecule has 27 heavy (non-hydrogen) atoms. The number of ether oxygens (including phenoxy) is 1. The molecule has 0 saturated heterocycles. The maximum absolute atomic E-state index is 13.1. The number of carbonyl (C=O) groups excluding carboxylic acids is 1. The van der Waals surface area contributed by atoms with Gasteiger partial charge in [-0.25, -0.2) is 19.3 Å². The van der Waals surface area contributed by atoms with Crippen molar-refractivity contribution >= 4 is 28.3 Å². The number of hydrogen-bond donors (Lipinski definition) is 2. The van der Waals surface area contributed by atoms with Crippen LogP contribution in [-0.4, -0.2) is 34.1 Å². The molecular weight excluding hydrogens is 349 g/mol. The molecule has 3 aromatic rings. The Balaban J connectivity index is 1.74. The van der Waals surface area contributed by atoms with Crippen molar-refractivity contribution in [1.82, 2.24) is 15.0 Å². The molecule has 4 rings (SSSR count). The molecule has 1 saturated carbocycles. The van der Waals surface area contributed by atoms with E-state index in [1.807, 2.05) is 13.0 Å². The minimum Gasteiger partial charge on any atom is -0.481 e. The number of methoxy groups -OCH3 is 1. The minimum atomic E-state index is -1.05. The molecule has 0 aliphatic heterocycles. The number of nitrogens with two attached hydrogens (primary N) is 1. The molecule has 8 heteroatoms. The van der Waals surface area contributed by atoms with Crippen LogP contribution in [0.2, 0.25) is 0 Å². The molecule has 1 aliphatic rings. The predicted octanol–water partition coefficient (Wildman–Crippen LogP) is 2.89. The molecule has 0 unspecified atom stereocenters. The Kier molecular flexibility index (Phi) is 4.10. The van der Waals surface area contributed by atoms with E-state index in [1.165, 1.54) is 0 Å². The average molecular weight is 367 g/mol. The van der Waals surface area contributed by atoms with Crippen LogP contribution in [0.15, 0.2) is 30.6 Å². The summed E-state index contributed by atoms with van der Waals surface area (Å²) in [6.45, 7) is 1.92. The fourth-order valence-corrected chi connectivity index (χ4v) is 2.93. The summed E-state index contributed by atoms with van der Waals surface area (Å²) in [5.74, 6) is 0.226. The van der Waals surface area contributed by atoms with Crippen molar-refractivity contribution in [1.29, 1.82) is 0 Å². The van der Waals surface area contributed by atoms with Crippen molar-refractivity contribution < 1.29 is 13.9 Å². The van der Waals surface area contributed by atoms with Crippen LogP contribution < -0.4 is 15.8 Å². The molecule has 3 N–H and O–H groups in total. The Morgan fingerprint density at radius 1 is 1.30 bits per heavy atom. The van der Waals surface area contributed by atoms with Gasteiger partial charge in [-0.3, -0.25) is 4.79 Å². The highest BCUT2D eigenvalue weighted by molar-refractivity contribution is 5.98. The Labute approximate surface area is 154 Å². The summed E-state index contributed by atoms with van der Waals surface area (Å²) in [6.07, 6.45) is 2.47. The number of nitrogens with one attached hydrogen (secondary N) is 1. The van der Waals surface area contributed by atoms with Gasteiger partial charge in [0.15, 0.2) is 0 Å². The molecule has 1 amide bonds. The van der Waals surface area contributed by atoms with E-state index in [2.05, 4.69) is 20.3 Å². The second-order valence-corrected chi connectivity index (χ2v) is 6.57. The van der Waals surface area contributed by atoms with E-state index in [-0.39, 0.29) is 12.3 Å². The first-order chi connectivity index (χ1) is 13.0. The standard InChI is InChI=1S/C19H18FN5O2/c1-9-7-23-17(27-2)6-11(9)15-3-10-4-16(22-8-13(10)18(21)24-15)25-19(26)12-5-14(12)20/h3-4,6-8,12,14H,5H2,1-2H3,(H2,21,24)(H,22,25,26)/t12-,14+/m1/s1. The van der Waals surface area contributed by atoms with Crippen LogP contribution in [0.5, 0.6) is 5.88 Å². The van der Waals surface area contributed by atoms with Gasteiger partial charge in [0.05, 0.1) is 18.7 Å². The summed E-state index contributed by atoms with van der Waals surface area (Å²) < 4.78 is 18.2. The molecule has 3 heterocycles. The third-order valence-electron chi connectivity index (χ3n) is 4.61. The van der Waals surface area contributed by atoms with Crippen molar-refractivity contribution in [2.75, 3.05) is 18.2 Å². The van der Waals surface area contributed by atoms with Crippen molar-refractivity contribution in [3.8, 4) is 17.1 Å². The summed E-state index contributed by atoms with van der Waals surface area (Å²) in [4.78, 5) is 24.8. The third kappa shape index (κ3) is 3.25. The van der Waals surface area contributed by atoms with Crippen molar-refractivity contribution in [2.45, 2.75) is 19.5 Å². The fraction of sp³-hybridized carbons (Fsp3) is 0.263. The van der Waals surface area contributed by atoms with Crippen molar-refractivity contribution in [2.24, 2.45) is 5.92 Å². The number of hydrogen-bond acceptors (Lipinski definition) is 6. The van der Waals surface area contributed by atoms with Gasteiger partial charge in [-0.2, -0.15) is 0 Å². The zero-order valence-corrected chi connectivity index (χ0v) is 14.9. The van der Waals surface area contributed by atoms with Gasteiger partial charge in [0.1, 0.15) is 17.8 Å². The Hall–Kier alpha value is -3.29. The minimum absolute atomic E-state index is 0.267. The Bertz CT molecular complexity index is 1060. The summed E-state index contributed by atoms with van der Waals surface area (Å²) in [7, 11) is 1.55. The van der Waals surface area contributed by atoms with Crippen molar-refractivity contribution in [3.05, 3.63) is 36.2 Å². The van der Waals surface area contributed by atoms with Gasteiger partial charge < -0.3 is 15.8 Å². The Morgan fingerprint density at radius 2 is 2.07 bits per heavy atom. The maximum Gasteiger partial charge on any atom is 0.231 e. The summed E-state index contributed by atoms with van der Waals surface area (Å²) in [5.41, 5.74) is 8.53. The first-order valence-corrected chi connectivity index (χ1v) is 8.48. The quantitative estimate of drug-likeness (QED) is 0.735. The van der Waals surface area contributed by atoms with E-state index in [1.54, 1.807) is 31.6 Å². The van der Waals surface area contributed by atoms with Gasteiger partial charge in [-0.15, -0.1) is 0 Å². The van der Waals surface area contributed by atoms with Crippen LogP contribution in [0.4, 0.5) is 16.0 Å². The number of nitrogen functional groups attached to an aromatic ring is 1. The molecule has 138 valence electrons. The lowest BCUT2D eigenvalue weighted by atomic mass is 10.1. The number of fused-ring (bicyclic) bond motifs is 1. The van der Waals surface area contributed by atoms with Gasteiger partial charge in [-0.1, -0.05) is 0 Å². The number of halogens is 1. The van der Waals surface area contributed by atoms with E-state index < -0.39 is 12.1 Å². The highest BCUT2D eigenvalue weighted by atomic mass is 19.1. The van der Waals surface area contributed by atoms with Crippen LogP contribution in [-0.2, 0) is 4.79 Å². The molecule has 0 bridgehead atoms. The second-order valence-electron chi connectivity index (χ2n) is 6.57. The number of aryl methyl sites for hydroxylation is 1. The van der Waals surface area contributed by atoms with Crippen LogP contribution in [0.25, 0.3) is 22.0 Å². The van der Waals surface area contributed by atoms with E-state index in [0.29, 0.717) is 28.6 Å². The van der Waals surface area contributed by atoms with E-state index >= 15 is 0 Å². The summed E-state index contributed by atoms with van der Waals surface area (Å²) in [5, 5.41) is 4.09. The molecular formula is C19H18FN5O2. The van der Waals surface area contributed by atoms with Crippen LogP contribution >= 0.6 is 0 Å². The summed E-state index contributed by atoms with van der Waals surface area (Å²) >= 11 is 0. The average Bonchev–Trinajstić information content (AvgIpc) is 3.38. The molecule has 3 aromatic heterocycles. The fourth-order valence-electron chi connectivity index (χ4n) is 2.93. The van der Waals surface area contributed by atoms with Crippen LogP contribution in [0.1, 0.15) is 12.0 Å². The lowest BCUT2D eigenvalue weighted by Gasteiger charge is -2.11. The highest BCUT2D eigenvalue weighted by Gasteiger charge is 2.43. The number of amides is 1. The SMILES string of the molecule is COc1cc(-c2cc3cc(NC(=O)[C@@H]4C[C@@H]4F)ncc3c(N)n2)c(C)cn1. The number of nitrogens with zero attached hydrogens (tertiary/aromatic N) is 3. The maximum atomic E-state index is 13.1. The zero-order chi connectivity index (χ0) is 19.1. The number of rotatable bonds is 4. The largest absolute Gasteiger partial charge is 0.481 e. The van der Waals surface area contributed by atoms with Gasteiger partial charge >= 0.3 is 0 Å². The molecule has 1 fully saturated rings. The smallest absolute Gasteiger partial charge is 0.231 e. The van der Waals surface area contributed by atoms with Crippen LogP contribution in [0.3, 0.4) is 0 Å². The van der Waals surface area contributed by atoms with Gasteiger partial charge in [0, 0.05) is 29.4 Å². The predicted molar refractivity (Wildman–Crippen MR) is 100 cm³/mol. The lowest BCUT2D eigenvalue weighted by molar-refractivity contribution is -0.117. The van der Waals surface area contributed by atoms with E-state index in [9.17, 15) is 9.18 Å². The first kappa shape index (κ1) is 17.1. The van der Waals surface area contributed by atoms with Gasteiger partial charge in [-0.05, 0) is 36.4 Å². The number of alkyl halides is 1. The number of pyridine rings is 3. The Morgan fingerprint density at radius 3 is 2.78 bits per heavy atom. The topological polar surface area (TPSA) is 103 Å². The second kappa shape index (κ2) is 6.46. The molecule has 0 radical (unpaired) electrons. The van der Waals surface area contributed by atoms with Crippen LogP contribution in [0, 0.1) is 12.8 Å². The third-order valence-corrected chi connectivity index (χ3v) is 4.61.